The van der Waals surface area contributed by atoms with Crippen molar-refractivity contribution in [1.29, 1.82) is 0 Å². The highest BCUT2D eigenvalue weighted by molar-refractivity contribution is 5.87. The number of benzene rings is 1. The summed E-state index contributed by atoms with van der Waals surface area (Å²) in [6.07, 6.45) is -1.21. The zero-order valence-corrected chi connectivity index (χ0v) is 15.4. The highest BCUT2D eigenvalue weighted by Crippen LogP contribution is 2.64. The molecule has 0 bridgehead atoms. The van der Waals surface area contributed by atoms with Gasteiger partial charge in [-0.05, 0) is 26.3 Å². The van der Waals surface area contributed by atoms with Crippen LogP contribution in [0, 0.1) is 17.8 Å². The average molecular weight is 363 g/mol. The molecule has 1 aromatic rings. The third-order valence-corrected chi connectivity index (χ3v) is 5.55. The van der Waals surface area contributed by atoms with E-state index in [9.17, 15) is 14.0 Å². The lowest BCUT2D eigenvalue weighted by molar-refractivity contribution is -0.154. The molecule has 1 aromatic carbocycles. The first kappa shape index (κ1) is 18.8. The van der Waals surface area contributed by atoms with E-state index in [1.54, 1.807) is 13.8 Å². The van der Waals surface area contributed by atoms with Crippen molar-refractivity contribution in [3.63, 3.8) is 0 Å². The number of carbonyl (C=O) groups excluding carboxylic acids is 2. The Morgan fingerprint density at radius 1 is 1.23 bits per heavy atom. The van der Waals surface area contributed by atoms with Crippen molar-refractivity contribution in [2.75, 3.05) is 13.2 Å². The third kappa shape index (κ3) is 3.11. The number of rotatable bonds is 7. The predicted molar refractivity (Wildman–Crippen MR) is 94.0 cm³/mol. The summed E-state index contributed by atoms with van der Waals surface area (Å²) in [6, 6.07) is 9.46. The second kappa shape index (κ2) is 7.35. The first-order valence-electron chi connectivity index (χ1n) is 9.26. The lowest BCUT2D eigenvalue weighted by Gasteiger charge is -2.34. The van der Waals surface area contributed by atoms with Crippen LogP contribution in [0.3, 0.4) is 0 Å². The van der Waals surface area contributed by atoms with Crippen LogP contribution in [0.25, 0.3) is 0 Å². The normalized spacial score (nSPS) is 33.2. The molecular weight excluding hydrogens is 337 g/mol. The number of hydrogen-bond acceptors (Lipinski definition) is 5. The van der Waals surface area contributed by atoms with E-state index in [0.717, 1.165) is 5.56 Å². The molecule has 0 aromatic heterocycles. The third-order valence-electron chi connectivity index (χ3n) is 5.55. The molecule has 0 spiro atoms. The molecule has 2 unspecified atom stereocenters. The van der Waals surface area contributed by atoms with Gasteiger partial charge in [0.15, 0.2) is 0 Å². The molecule has 5 nitrogen and oxygen atoms in total. The molecule has 6 atom stereocenters. The number of hydrogen-bond donors (Lipinski definition) is 1. The van der Waals surface area contributed by atoms with Gasteiger partial charge in [0, 0.05) is 24.3 Å². The SMILES string of the molecule is CCOC(=O)[C@H]1C2C1[C@](N[C@H](C)c1ccccc1)(C(=O)OCC)C[C@@H]2F. The first-order valence-corrected chi connectivity index (χ1v) is 9.26. The maximum absolute atomic E-state index is 14.7. The lowest BCUT2D eigenvalue weighted by Crippen LogP contribution is -2.55. The van der Waals surface area contributed by atoms with Crippen LogP contribution in [-0.2, 0) is 19.1 Å². The molecule has 2 fully saturated rings. The molecule has 26 heavy (non-hydrogen) atoms. The summed E-state index contributed by atoms with van der Waals surface area (Å²) < 4.78 is 25.1. The van der Waals surface area contributed by atoms with Crippen LogP contribution in [0.1, 0.15) is 38.8 Å². The monoisotopic (exact) mass is 363 g/mol. The van der Waals surface area contributed by atoms with Crippen molar-refractivity contribution in [2.24, 2.45) is 17.8 Å². The molecule has 0 amide bonds. The Labute approximate surface area is 153 Å². The number of ether oxygens (including phenoxy) is 2. The minimum absolute atomic E-state index is 0.0221. The van der Waals surface area contributed by atoms with Crippen LogP contribution in [0.5, 0.6) is 0 Å². The van der Waals surface area contributed by atoms with Crippen LogP contribution < -0.4 is 5.32 Å². The average Bonchev–Trinajstić information content (AvgIpc) is 3.32. The molecule has 6 heteroatoms. The van der Waals surface area contributed by atoms with Crippen LogP contribution in [0.15, 0.2) is 30.3 Å². The minimum atomic E-state index is -1.23. The van der Waals surface area contributed by atoms with Crippen molar-refractivity contribution in [2.45, 2.75) is 44.9 Å². The maximum atomic E-state index is 14.7. The summed E-state index contributed by atoms with van der Waals surface area (Å²) in [6.45, 7) is 5.82. The van der Waals surface area contributed by atoms with Gasteiger partial charge in [-0.25, -0.2) is 4.39 Å². The van der Waals surface area contributed by atoms with Gasteiger partial charge in [0.25, 0.3) is 0 Å². The summed E-state index contributed by atoms with van der Waals surface area (Å²) in [7, 11) is 0. The van der Waals surface area contributed by atoms with E-state index >= 15 is 0 Å². The Hall–Kier alpha value is -1.95. The molecule has 0 saturated heterocycles. The Balaban J connectivity index is 1.88. The Bertz CT molecular complexity index is 667. The molecular formula is C20H26FNO4. The molecule has 2 aliphatic rings. The first-order chi connectivity index (χ1) is 12.5. The summed E-state index contributed by atoms with van der Waals surface area (Å²) in [4.78, 5) is 25.1. The molecule has 2 saturated carbocycles. The van der Waals surface area contributed by atoms with E-state index in [-0.39, 0.29) is 25.7 Å². The summed E-state index contributed by atoms with van der Waals surface area (Å²) in [5, 5.41) is 3.32. The second-order valence-corrected chi connectivity index (χ2v) is 7.07. The minimum Gasteiger partial charge on any atom is -0.466 e. The Kier molecular flexibility index (Phi) is 5.32. The van der Waals surface area contributed by atoms with Crippen molar-refractivity contribution < 1.29 is 23.5 Å². The van der Waals surface area contributed by atoms with Gasteiger partial charge in [0.2, 0.25) is 0 Å². The predicted octanol–water partition coefficient (Wildman–Crippen LogP) is 2.81. The van der Waals surface area contributed by atoms with Crippen molar-refractivity contribution in [3.05, 3.63) is 35.9 Å². The van der Waals surface area contributed by atoms with Gasteiger partial charge >= 0.3 is 11.9 Å². The fourth-order valence-electron chi connectivity index (χ4n) is 4.45. The Morgan fingerprint density at radius 2 is 1.88 bits per heavy atom. The standard InChI is InChI=1S/C20H26FNO4/c1-4-25-18(23)16-15-14(21)11-20(17(15)16,19(24)26-5-2)22-12(3)13-9-7-6-8-10-13/h6-10,12,14-17,22H,4-5,11H2,1-3H3/t12-,14+,15?,16+,17?,20+/m1/s1. The van der Waals surface area contributed by atoms with Gasteiger partial charge in [0.1, 0.15) is 11.7 Å². The molecule has 0 heterocycles. The van der Waals surface area contributed by atoms with E-state index in [2.05, 4.69) is 5.32 Å². The van der Waals surface area contributed by atoms with Gasteiger partial charge in [-0.15, -0.1) is 0 Å². The molecule has 3 rings (SSSR count). The number of fused-ring (bicyclic) bond motifs is 1. The smallest absolute Gasteiger partial charge is 0.326 e. The summed E-state index contributed by atoms with van der Waals surface area (Å²) in [5.74, 6) is -2.40. The molecule has 1 N–H and O–H groups in total. The van der Waals surface area contributed by atoms with Crippen molar-refractivity contribution in [3.8, 4) is 0 Å². The van der Waals surface area contributed by atoms with Crippen LogP contribution in [0.2, 0.25) is 0 Å². The lowest BCUT2D eigenvalue weighted by atomic mass is 9.88. The molecule has 0 radical (unpaired) electrons. The maximum Gasteiger partial charge on any atom is 0.326 e. The highest BCUT2D eigenvalue weighted by Gasteiger charge is 2.76. The van der Waals surface area contributed by atoms with Gasteiger partial charge in [-0.2, -0.15) is 0 Å². The Morgan fingerprint density at radius 3 is 2.50 bits per heavy atom. The number of alkyl halides is 1. The van der Waals surface area contributed by atoms with E-state index in [4.69, 9.17) is 9.47 Å². The molecule has 0 aliphatic heterocycles. The van der Waals surface area contributed by atoms with Gasteiger partial charge in [-0.3, -0.25) is 14.9 Å². The van der Waals surface area contributed by atoms with Gasteiger partial charge in [0.05, 0.1) is 19.1 Å². The topological polar surface area (TPSA) is 64.6 Å². The molecule has 142 valence electrons. The van der Waals surface area contributed by atoms with Gasteiger partial charge < -0.3 is 9.47 Å². The number of nitrogens with one attached hydrogen (secondary N) is 1. The van der Waals surface area contributed by atoms with Crippen LogP contribution in [-0.4, -0.2) is 36.9 Å². The highest BCUT2D eigenvalue weighted by atomic mass is 19.1. The fraction of sp³-hybridized carbons (Fsp3) is 0.600. The van der Waals surface area contributed by atoms with Gasteiger partial charge in [-0.1, -0.05) is 30.3 Å². The fourth-order valence-corrected chi connectivity index (χ4v) is 4.45. The quantitative estimate of drug-likeness (QED) is 0.755. The van der Waals surface area contributed by atoms with E-state index < -0.39 is 41.4 Å². The van der Waals surface area contributed by atoms with Crippen molar-refractivity contribution >= 4 is 11.9 Å². The molecule has 2 aliphatic carbocycles. The van der Waals surface area contributed by atoms with Crippen LogP contribution in [0.4, 0.5) is 4.39 Å². The van der Waals surface area contributed by atoms with Crippen molar-refractivity contribution in [1.82, 2.24) is 5.32 Å². The number of carbonyl (C=O) groups is 2. The zero-order valence-electron chi connectivity index (χ0n) is 15.4. The second-order valence-electron chi connectivity index (χ2n) is 7.07. The number of halogens is 1. The summed E-state index contributed by atoms with van der Waals surface area (Å²) >= 11 is 0. The van der Waals surface area contributed by atoms with Crippen LogP contribution >= 0.6 is 0 Å². The largest absolute Gasteiger partial charge is 0.466 e. The zero-order chi connectivity index (χ0) is 18.9. The van der Waals surface area contributed by atoms with E-state index in [1.807, 2.05) is 37.3 Å². The number of esters is 2. The van der Waals surface area contributed by atoms with E-state index in [0.29, 0.717) is 0 Å². The summed E-state index contributed by atoms with van der Waals surface area (Å²) in [5.41, 5.74) is -0.212. The van der Waals surface area contributed by atoms with E-state index in [1.165, 1.54) is 0 Å².